The summed E-state index contributed by atoms with van der Waals surface area (Å²) in [6.45, 7) is 0. The minimum Gasteiger partial charge on any atom is -0.345 e. The maximum atomic E-state index is 13.0. The summed E-state index contributed by atoms with van der Waals surface area (Å²) in [5.74, 6) is -0.825. The summed E-state index contributed by atoms with van der Waals surface area (Å²) >= 11 is 0. The molecule has 6 nitrogen and oxygen atoms in total. The minimum atomic E-state index is -0.377. The summed E-state index contributed by atoms with van der Waals surface area (Å²) in [5, 5.41) is 6.92. The van der Waals surface area contributed by atoms with E-state index in [0.29, 0.717) is 16.9 Å². The number of amides is 2. The van der Waals surface area contributed by atoms with Gasteiger partial charge in [-0.25, -0.2) is 9.07 Å². The summed E-state index contributed by atoms with van der Waals surface area (Å²) < 4.78 is 14.5. The normalized spacial score (nSPS) is 10.4. The standard InChI is InChI=1S/C19H17FN4O2/c1-23(2)19(26)13-3-7-15(8-4-13)21-18(25)17-11-12-24(22-17)16-9-5-14(20)6-10-16/h3-12H,1-2H3,(H,21,25). The number of benzene rings is 2. The molecule has 0 saturated carbocycles. The quantitative estimate of drug-likeness (QED) is 0.785. The van der Waals surface area contributed by atoms with Gasteiger partial charge in [-0.2, -0.15) is 5.10 Å². The molecule has 1 aromatic heterocycles. The van der Waals surface area contributed by atoms with Gasteiger partial charge in [0.05, 0.1) is 5.69 Å². The SMILES string of the molecule is CN(C)C(=O)c1ccc(NC(=O)c2ccn(-c3ccc(F)cc3)n2)cc1. The molecule has 0 aliphatic carbocycles. The number of carbonyl (C=O) groups is 2. The van der Waals surface area contributed by atoms with E-state index in [2.05, 4.69) is 10.4 Å². The van der Waals surface area contributed by atoms with Crippen molar-refractivity contribution in [2.24, 2.45) is 0 Å². The molecule has 0 aliphatic heterocycles. The lowest BCUT2D eigenvalue weighted by Gasteiger charge is -2.10. The number of hydrogen-bond acceptors (Lipinski definition) is 3. The first-order valence-electron chi connectivity index (χ1n) is 7.89. The van der Waals surface area contributed by atoms with Gasteiger partial charge in [0.2, 0.25) is 0 Å². The maximum absolute atomic E-state index is 13.0. The zero-order chi connectivity index (χ0) is 18.7. The van der Waals surface area contributed by atoms with Crippen LogP contribution >= 0.6 is 0 Å². The van der Waals surface area contributed by atoms with E-state index in [9.17, 15) is 14.0 Å². The second-order valence-electron chi connectivity index (χ2n) is 5.85. The fraction of sp³-hybridized carbons (Fsp3) is 0.105. The highest BCUT2D eigenvalue weighted by Crippen LogP contribution is 2.13. The van der Waals surface area contributed by atoms with Gasteiger partial charge in [0, 0.05) is 31.5 Å². The lowest BCUT2D eigenvalue weighted by Crippen LogP contribution is -2.21. The molecule has 0 unspecified atom stereocenters. The Morgan fingerprint density at radius 1 is 1.00 bits per heavy atom. The van der Waals surface area contributed by atoms with Gasteiger partial charge < -0.3 is 10.2 Å². The predicted molar refractivity (Wildman–Crippen MR) is 95.9 cm³/mol. The molecule has 1 heterocycles. The average molecular weight is 352 g/mol. The van der Waals surface area contributed by atoms with E-state index < -0.39 is 0 Å². The highest BCUT2D eigenvalue weighted by atomic mass is 19.1. The number of anilines is 1. The van der Waals surface area contributed by atoms with Crippen molar-refractivity contribution in [2.75, 3.05) is 19.4 Å². The van der Waals surface area contributed by atoms with Crippen LogP contribution in [0.4, 0.5) is 10.1 Å². The van der Waals surface area contributed by atoms with E-state index in [0.717, 1.165) is 0 Å². The molecule has 0 atom stereocenters. The molecule has 0 radical (unpaired) electrons. The molecule has 0 saturated heterocycles. The van der Waals surface area contributed by atoms with Gasteiger partial charge in [-0.1, -0.05) is 0 Å². The highest BCUT2D eigenvalue weighted by Gasteiger charge is 2.12. The van der Waals surface area contributed by atoms with E-state index in [-0.39, 0.29) is 23.3 Å². The molecule has 1 N–H and O–H groups in total. The molecule has 7 heteroatoms. The molecule has 26 heavy (non-hydrogen) atoms. The summed E-state index contributed by atoms with van der Waals surface area (Å²) in [6, 6.07) is 14.0. The van der Waals surface area contributed by atoms with Gasteiger partial charge in [-0.05, 0) is 54.6 Å². The number of nitrogens with one attached hydrogen (secondary N) is 1. The number of rotatable bonds is 4. The summed E-state index contributed by atoms with van der Waals surface area (Å²) in [4.78, 5) is 25.7. The van der Waals surface area contributed by atoms with Gasteiger partial charge in [-0.15, -0.1) is 0 Å². The second kappa shape index (κ2) is 7.18. The molecule has 3 aromatic rings. The third kappa shape index (κ3) is 3.77. The van der Waals surface area contributed by atoms with E-state index in [1.165, 1.54) is 21.7 Å². The fourth-order valence-corrected chi connectivity index (χ4v) is 2.33. The van der Waals surface area contributed by atoms with Crippen LogP contribution in [0.15, 0.2) is 60.8 Å². The first-order valence-corrected chi connectivity index (χ1v) is 7.89. The van der Waals surface area contributed by atoms with Crippen molar-refractivity contribution in [2.45, 2.75) is 0 Å². The van der Waals surface area contributed by atoms with Crippen molar-refractivity contribution in [3.8, 4) is 5.69 Å². The molecular formula is C19H17FN4O2. The van der Waals surface area contributed by atoms with E-state index in [1.54, 1.807) is 62.8 Å². The van der Waals surface area contributed by atoms with Gasteiger partial charge in [0.1, 0.15) is 5.82 Å². The van der Waals surface area contributed by atoms with E-state index in [1.807, 2.05) is 0 Å². The van der Waals surface area contributed by atoms with Crippen LogP contribution in [0.3, 0.4) is 0 Å². The van der Waals surface area contributed by atoms with Crippen LogP contribution in [0, 0.1) is 5.82 Å². The monoisotopic (exact) mass is 352 g/mol. The van der Waals surface area contributed by atoms with Crippen molar-refractivity contribution in [1.29, 1.82) is 0 Å². The van der Waals surface area contributed by atoms with Crippen LogP contribution in [0.2, 0.25) is 0 Å². The largest absolute Gasteiger partial charge is 0.345 e. The highest BCUT2D eigenvalue weighted by molar-refractivity contribution is 6.03. The number of nitrogens with zero attached hydrogens (tertiary/aromatic N) is 3. The third-order valence-corrected chi connectivity index (χ3v) is 3.71. The van der Waals surface area contributed by atoms with Crippen LogP contribution < -0.4 is 5.32 Å². The molecule has 2 aromatic carbocycles. The Morgan fingerprint density at radius 3 is 2.27 bits per heavy atom. The fourth-order valence-electron chi connectivity index (χ4n) is 2.33. The molecular weight excluding hydrogens is 335 g/mol. The zero-order valence-corrected chi connectivity index (χ0v) is 14.3. The Labute approximate surface area is 149 Å². The Balaban J connectivity index is 1.70. The lowest BCUT2D eigenvalue weighted by molar-refractivity contribution is 0.0827. The van der Waals surface area contributed by atoms with Gasteiger partial charge >= 0.3 is 0 Å². The zero-order valence-electron chi connectivity index (χ0n) is 14.3. The molecule has 132 valence electrons. The average Bonchev–Trinajstić information content (AvgIpc) is 3.12. The van der Waals surface area contributed by atoms with E-state index >= 15 is 0 Å². The van der Waals surface area contributed by atoms with Crippen LogP contribution in [0.1, 0.15) is 20.8 Å². The smallest absolute Gasteiger partial charge is 0.276 e. The molecule has 0 aliphatic rings. The molecule has 2 amide bonds. The number of aromatic nitrogens is 2. The van der Waals surface area contributed by atoms with Crippen molar-refractivity contribution in [1.82, 2.24) is 14.7 Å². The lowest BCUT2D eigenvalue weighted by atomic mass is 10.2. The number of carbonyl (C=O) groups excluding carboxylic acids is 2. The Kier molecular flexibility index (Phi) is 4.79. The van der Waals surface area contributed by atoms with Crippen molar-refractivity contribution in [3.05, 3.63) is 77.9 Å². The van der Waals surface area contributed by atoms with Gasteiger partial charge in [-0.3, -0.25) is 9.59 Å². The van der Waals surface area contributed by atoms with Gasteiger partial charge in [0.25, 0.3) is 11.8 Å². The first kappa shape index (κ1) is 17.3. The second-order valence-corrected chi connectivity index (χ2v) is 5.85. The van der Waals surface area contributed by atoms with Crippen LogP contribution in [-0.4, -0.2) is 40.6 Å². The Hall–Kier alpha value is -3.48. The van der Waals surface area contributed by atoms with E-state index in [4.69, 9.17) is 0 Å². The summed E-state index contributed by atoms with van der Waals surface area (Å²) in [5.41, 5.74) is 1.97. The summed E-state index contributed by atoms with van der Waals surface area (Å²) in [7, 11) is 3.35. The molecule has 3 rings (SSSR count). The van der Waals surface area contributed by atoms with Crippen molar-refractivity contribution in [3.63, 3.8) is 0 Å². The molecule has 0 fully saturated rings. The van der Waals surface area contributed by atoms with Crippen LogP contribution in [0.25, 0.3) is 5.69 Å². The van der Waals surface area contributed by atoms with Crippen molar-refractivity contribution >= 4 is 17.5 Å². The van der Waals surface area contributed by atoms with Crippen molar-refractivity contribution < 1.29 is 14.0 Å². The molecule has 0 bridgehead atoms. The Morgan fingerprint density at radius 2 is 1.65 bits per heavy atom. The van der Waals surface area contributed by atoms with Gasteiger partial charge in [0.15, 0.2) is 5.69 Å². The predicted octanol–water partition coefficient (Wildman–Crippen LogP) is 2.97. The molecule has 0 spiro atoms. The third-order valence-electron chi connectivity index (χ3n) is 3.71. The Bertz CT molecular complexity index is 931. The minimum absolute atomic E-state index is 0.110. The topological polar surface area (TPSA) is 67.2 Å². The van der Waals surface area contributed by atoms with Crippen LogP contribution in [0.5, 0.6) is 0 Å². The number of hydrogen-bond donors (Lipinski definition) is 1. The van der Waals surface area contributed by atoms with Crippen LogP contribution in [-0.2, 0) is 0 Å². The maximum Gasteiger partial charge on any atom is 0.276 e. The number of halogens is 1. The first-order chi connectivity index (χ1) is 12.4. The summed E-state index contributed by atoms with van der Waals surface area (Å²) in [6.07, 6.45) is 1.63.